The monoisotopic (exact) mass is 429 g/mol. The predicted molar refractivity (Wildman–Crippen MR) is 84.1 cm³/mol. The summed E-state index contributed by atoms with van der Waals surface area (Å²) in [5.74, 6) is -3.79. The fourth-order valence-electron chi connectivity index (χ4n) is 1.64. The van der Waals surface area contributed by atoms with Gasteiger partial charge in [-0.3, -0.25) is 0 Å². The molecule has 1 aliphatic rings. The second kappa shape index (κ2) is 7.06. The van der Waals surface area contributed by atoms with Gasteiger partial charge >= 0.3 is 15.8 Å². The van der Waals surface area contributed by atoms with Crippen LogP contribution in [0.15, 0.2) is 45.0 Å². The fraction of sp³-hybridized carbons (Fsp3) is 0.154. The molecule has 0 radical (unpaired) electrons. The number of hydrogen-bond donors (Lipinski definition) is 0. The van der Waals surface area contributed by atoms with Crippen molar-refractivity contribution in [3.05, 3.63) is 51.4 Å². The molecule has 0 amide bonds. The van der Waals surface area contributed by atoms with Gasteiger partial charge < -0.3 is 4.74 Å². The van der Waals surface area contributed by atoms with E-state index in [9.17, 15) is 21.6 Å². The molecule has 0 fully saturated rings. The summed E-state index contributed by atoms with van der Waals surface area (Å²) in [6, 6.07) is 3.60. The van der Waals surface area contributed by atoms with Crippen LogP contribution in [-0.4, -0.2) is 19.9 Å². The summed E-state index contributed by atoms with van der Waals surface area (Å²) in [4.78, 5) is 0. The van der Waals surface area contributed by atoms with E-state index >= 15 is 0 Å². The Kier molecular flexibility index (Phi) is 5.53. The second-order valence-corrected chi connectivity index (χ2v) is 7.31. The minimum Gasteiger partial charge on any atom is -0.456 e. The molecule has 0 N–H and O–H groups in total. The third kappa shape index (κ3) is 4.82. The van der Waals surface area contributed by atoms with Crippen LogP contribution < -0.4 is 4.74 Å². The molecule has 23 heavy (non-hydrogen) atoms. The van der Waals surface area contributed by atoms with Crippen molar-refractivity contribution in [2.45, 2.75) is 12.2 Å². The summed E-state index contributed by atoms with van der Waals surface area (Å²) in [7, 11) is -4.86. The maximum atomic E-state index is 13.2. The van der Waals surface area contributed by atoms with Crippen molar-refractivity contribution in [3.63, 3.8) is 0 Å². The van der Waals surface area contributed by atoms with Gasteiger partial charge in [0.1, 0.15) is 17.3 Å². The van der Waals surface area contributed by atoms with E-state index in [2.05, 4.69) is 20.3 Å². The summed E-state index contributed by atoms with van der Waals surface area (Å²) in [6.07, 6.45) is 2.48. The number of rotatable bonds is 4. The smallest absolute Gasteiger partial charge is 0.357 e. The van der Waals surface area contributed by atoms with E-state index in [1.54, 1.807) is 0 Å². The Morgan fingerprint density at radius 3 is 2.52 bits per heavy atom. The van der Waals surface area contributed by atoms with Crippen molar-refractivity contribution in [1.82, 2.24) is 0 Å². The lowest BCUT2D eigenvalue weighted by Gasteiger charge is -2.14. The largest absolute Gasteiger partial charge is 0.456 e. The molecule has 0 saturated heterocycles. The van der Waals surface area contributed by atoms with Gasteiger partial charge in [-0.15, -0.1) is 0 Å². The zero-order valence-corrected chi connectivity index (χ0v) is 14.3. The first-order chi connectivity index (χ1) is 10.7. The Morgan fingerprint density at radius 2 is 1.96 bits per heavy atom. The Balaban J connectivity index is 2.20. The highest BCUT2D eigenvalue weighted by molar-refractivity contribution is 9.11. The van der Waals surface area contributed by atoms with Crippen LogP contribution >= 0.6 is 27.5 Å². The minimum atomic E-state index is -4.86. The van der Waals surface area contributed by atoms with Crippen molar-refractivity contribution in [3.8, 4) is 5.75 Å². The highest BCUT2D eigenvalue weighted by atomic mass is 79.9. The highest BCUT2D eigenvalue weighted by Gasteiger charge is 2.24. The molecule has 0 saturated carbocycles. The molecule has 2 rings (SSSR count). The zero-order valence-electron chi connectivity index (χ0n) is 11.1. The molecule has 1 aromatic rings. The third-order valence-corrected chi connectivity index (χ3v) is 4.39. The van der Waals surface area contributed by atoms with Crippen LogP contribution in [0.5, 0.6) is 5.75 Å². The van der Waals surface area contributed by atoms with Gasteiger partial charge in [0.15, 0.2) is 0 Å². The number of benzene rings is 1. The number of halogens is 5. The standard InChI is InChI=1S/C13H8BrClF3NO3S/c14-11-6-9(19-23(20,21)13(17)18)1-2-12(11)22-10-4-7(15)3-8(16)5-10/h1-5,13H,6H2. The van der Waals surface area contributed by atoms with E-state index in [1.807, 2.05) is 0 Å². The Bertz CT molecular complexity index is 802. The number of sulfonamides is 1. The molecule has 124 valence electrons. The van der Waals surface area contributed by atoms with Crippen LogP contribution in [0.3, 0.4) is 0 Å². The molecule has 1 aromatic carbocycles. The van der Waals surface area contributed by atoms with Gasteiger partial charge in [0, 0.05) is 22.0 Å². The summed E-state index contributed by atoms with van der Waals surface area (Å²) < 4.78 is 68.8. The number of alkyl halides is 2. The molecule has 0 aromatic heterocycles. The number of hydrogen-bond acceptors (Lipinski definition) is 3. The summed E-state index contributed by atoms with van der Waals surface area (Å²) in [5.41, 5.74) is -0.0817. The minimum absolute atomic E-state index is 0.0686. The average molecular weight is 431 g/mol. The normalized spacial score (nSPS) is 17.2. The lowest BCUT2D eigenvalue weighted by molar-refractivity contribution is 0.235. The first-order valence-electron chi connectivity index (χ1n) is 5.99. The van der Waals surface area contributed by atoms with Crippen LogP contribution in [0.2, 0.25) is 5.02 Å². The van der Waals surface area contributed by atoms with Gasteiger partial charge in [0.2, 0.25) is 0 Å². The molecule has 10 heteroatoms. The topological polar surface area (TPSA) is 55.7 Å². The molecule has 4 nitrogen and oxygen atoms in total. The molecule has 0 atom stereocenters. The van der Waals surface area contributed by atoms with Crippen molar-refractivity contribution < 1.29 is 26.3 Å². The van der Waals surface area contributed by atoms with Crippen molar-refractivity contribution in [1.29, 1.82) is 0 Å². The Hall–Kier alpha value is -1.32. The van der Waals surface area contributed by atoms with Crippen molar-refractivity contribution in [2.24, 2.45) is 4.40 Å². The van der Waals surface area contributed by atoms with E-state index < -0.39 is 21.6 Å². The fourth-order valence-corrected chi connectivity index (χ4v) is 2.88. The van der Waals surface area contributed by atoms with Crippen LogP contribution in [0, 0.1) is 5.82 Å². The van der Waals surface area contributed by atoms with Crippen LogP contribution in [0.1, 0.15) is 6.42 Å². The van der Waals surface area contributed by atoms with Crippen LogP contribution in [0.4, 0.5) is 13.2 Å². The quantitative estimate of drug-likeness (QED) is 0.711. The summed E-state index contributed by atoms with van der Waals surface area (Å²) in [6.45, 7) is 0. The SMILES string of the molecule is O=S(=O)(N=C1C=CC(Oc2cc(F)cc(Cl)c2)=C(Br)C1)C(F)F. The Morgan fingerprint density at radius 1 is 1.26 bits per heavy atom. The number of ether oxygens (including phenoxy) is 1. The maximum Gasteiger partial charge on any atom is 0.357 e. The van der Waals surface area contributed by atoms with E-state index in [0.717, 1.165) is 12.1 Å². The van der Waals surface area contributed by atoms with E-state index in [0.29, 0.717) is 4.48 Å². The third-order valence-electron chi connectivity index (χ3n) is 2.56. The van der Waals surface area contributed by atoms with Gasteiger partial charge in [-0.1, -0.05) is 27.5 Å². The molecular weight excluding hydrogens is 423 g/mol. The number of nitrogens with zero attached hydrogens (tertiary/aromatic N) is 1. The molecule has 0 unspecified atom stereocenters. The highest BCUT2D eigenvalue weighted by Crippen LogP contribution is 2.28. The Labute approximate surface area is 143 Å². The van der Waals surface area contributed by atoms with E-state index in [4.69, 9.17) is 16.3 Å². The lowest BCUT2D eigenvalue weighted by Crippen LogP contribution is -2.12. The van der Waals surface area contributed by atoms with Gasteiger partial charge in [0.05, 0.1) is 5.71 Å². The second-order valence-electron chi connectivity index (χ2n) is 4.34. The summed E-state index contributed by atoms with van der Waals surface area (Å²) in [5, 5.41) is 0.141. The molecule has 1 aliphatic carbocycles. The van der Waals surface area contributed by atoms with Crippen molar-refractivity contribution >= 4 is 43.3 Å². The molecule has 0 aliphatic heterocycles. The summed E-state index contributed by atoms with van der Waals surface area (Å²) >= 11 is 8.85. The van der Waals surface area contributed by atoms with Gasteiger partial charge in [-0.2, -0.15) is 21.6 Å². The molecule has 0 heterocycles. The zero-order chi connectivity index (χ0) is 17.2. The van der Waals surface area contributed by atoms with E-state index in [-0.39, 0.29) is 28.7 Å². The maximum absolute atomic E-state index is 13.2. The van der Waals surface area contributed by atoms with Crippen LogP contribution in [0.25, 0.3) is 0 Å². The van der Waals surface area contributed by atoms with Gasteiger partial charge in [-0.05, 0) is 24.3 Å². The predicted octanol–water partition coefficient (Wildman–Crippen LogP) is 4.42. The first kappa shape index (κ1) is 18.0. The molecule has 0 bridgehead atoms. The first-order valence-corrected chi connectivity index (χ1v) is 8.66. The average Bonchev–Trinajstić information content (AvgIpc) is 2.40. The van der Waals surface area contributed by atoms with Crippen molar-refractivity contribution in [2.75, 3.05) is 0 Å². The van der Waals surface area contributed by atoms with Crippen LogP contribution in [-0.2, 0) is 10.0 Å². The molecular formula is C13H8BrClF3NO3S. The number of allylic oxidation sites excluding steroid dienone is 3. The van der Waals surface area contributed by atoms with E-state index in [1.165, 1.54) is 18.2 Å². The molecule has 0 spiro atoms. The lowest BCUT2D eigenvalue weighted by atomic mass is 10.1. The van der Waals surface area contributed by atoms with Gasteiger partial charge in [0.25, 0.3) is 0 Å². The van der Waals surface area contributed by atoms with Gasteiger partial charge in [-0.25, -0.2) is 4.39 Å².